The number of hydrogen-bond acceptors (Lipinski definition) is 3. The van der Waals surface area contributed by atoms with Crippen LogP contribution in [0.25, 0.3) is 0 Å². The van der Waals surface area contributed by atoms with Gasteiger partial charge < -0.3 is 5.32 Å². The maximum Gasteiger partial charge on any atom is 0.243 e. The fourth-order valence-corrected chi connectivity index (χ4v) is 4.49. The molecule has 1 N–H and O–H groups in total. The van der Waals surface area contributed by atoms with Gasteiger partial charge >= 0.3 is 0 Å². The summed E-state index contributed by atoms with van der Waals surface area (Å²) in [6.45, 7) is 8.18. The molecule has 118 valence electrons. The van der Waals surface area contributed by atoms with E-state index in [2.05, 4.69) is 19.2 Å². The highest BCUT2D eigenvalue weighted by molar-refractivity contribution is 7.89. The van der Waals surface area contributed by atoms with Gasteiger partial charge in [0.05, 0.1) is 4.90 Å². The Balaban J connectivity index is 2.33. The summed E-state index contributed by atoms with van der Waals surface area (Å²) in [7, 11) is -3.34. The number of nitrogens with one attached hydrogen (secondary N) is 1. The summed E-state index contributed by atoms with van der Waals surface area (Å²) in [5.41, 5.74) is 1.94. The molecule has 0 unspecified atom stereocenters. The van der Waals surface area contributed by atoms with Crippen LogP contribution >= 0.6 is 0 Å². The largest absolute Gasteiger partial charge is 0.310 e. The molecule has 1 fully saturated rings. The van der Waals surface area contributed by atoms with Crippen LogP contribution in [-0.2, 0) is 23.0 Å². The molecule has 0 saturated carbocycles. The van der Waals surface area contributed by atoms with Gasteiger partial charge in [0.25, 0.3) is 0 Å². The second-order valence-electron chi connectivity index (χ2n) is 5.94. The highest BCUT2D eigenvalue weighted by Gasteiger charge is 2.29. The highest BCUT2D eigenvalue weighted by atomic mass is 32.2. The van der Waals surface area contributed by atoms with Crippen molar-refractivity contribution < 1.29 is 8.42 Å². The summed E-state index contributed by atoms with van der Waals surface area (Å²) in [6, 6.07) is 6.22. The van der Waals surface area contributed by atoms with Crippen LogP contribution in [0.5, 0.6) is 0 Å². The van der Waals surface area contributed by atoms with Crippen LogP contribution < -0.4 is 5.32 Å². The SMILES string of the molecule is CCc1ccc(CNC(C)C)cc1S(=O)(=O)N1CCCC1. The van der Waals surface area contributed by atoms with Gasteiger partial charge in [-0.2, -0.15) is 4.31 Å². The maximum absolute atomic E-state index is 12.8. The number of sulfonamides is 1. The van der Waals surface area contributed by atoms with Gasteiger partial charge in [0.1, 0.15) is 0 Å². The van der Waals surface area contributed by atoms with Gasteiger partial charge in [0.2, 0.25) is 10.0 Å². The zero-order valence-electron chi connectivity index (χ0n) is 13.2. The van der Waals surface area contributed by atoms with Crippen LogP contribution in [0.15, 0.2) is 23.1 Å². The average Bonchev–Trinajstić information content (AvgIpc) is 2.99. The molecule has 0 aliphatic carbocycles. The van der Waals surface area contributed by atoms with Crippen molar-refractivity contribution in [2.75, 3.05) is 13.1 Å². The Kier molecular flexibility index (Phi) is 5.41. The lowest BCUT2D eigenvalue weighted by Gasteiger charge is -2.19. The molecule has 2 rings (SSSR count). The average molecular weight is 310 g/mol. The second kappa shape index (κ2) is 6.90. The minimum absolute atomic E-state index is 0.384. The lowest BCUT2D eigenvalue weighted by atomic mass is 10.1. The molecule has 1 aromatic rings. The minimum Gasteiger partial charge on any atom is -0.310 e. The van der Waals surface area contributed by atoms with Crippen molar-refractivity contribution in [1.29, 1.82) is 0 Å². The Hall–Kier alpha value is -0.910. The Morgan fingerprint density at radius 1 is 1.24 bits per heavy atom. The van der Waals surface area contributed by atoms with Gasteiger partial charge in [-0.1, -0.05) is 32.9 Å². The van der Waals surface area contributed by atoms with Crippen LogP contribution in [0.1, 0.15) is 44.7 Å². The molecule has 0 radical (unpaired) electrons. The first-order valence-electron chi connectivity index (χ1n) is 7.80. The molecule has 1 heterocycles. The van der Waals surface area contributed by atoms with Crippen molar-refractivity contribution in [3.05, 3.63) is 29.3 Å². The number of rotatable bonds is 6. The topological polar surface area (TPSA) is 49.4 Å². The van der Waals surface area contributed by atoms with Crippen molar-refractivity contribution >= 4 is 10.0 Å². The molecule has 1 aliphatic heterocycles. The molecule has 4 nitrogen and oxygen atoms in total. The Bertz CT molecular complexity index is 576. The summed E-state index contributed by atoms with van der Waals surface area (Å²) in [4.78, 5) is 0.495. The standard InChI is InChI=1S/C16H26N2O2S/c1-4-15-8-7-14(12-17-13(2)3)11-16(15)21(19,20)18-9-5-6-10-18/h7-8,11,13,17H,4-6,9-10,12H2,1-3H3. The minimum atomic E-state index is -3.34. The van der Waals surface area contributed by atoms with E-state index in [-0.39, 0.29) is 0 Å². The van der Waals surface area contributed by atoms with Crippen LogP contribution in [0.3, 0.4) is 0 Å². The predicted molar refractivity (Wildman–Crippen MR) is 85.8 cm³/mol. The summed E-state index contributed by atoms with van der Waals surface area (Å²) >= 11 is 0. The number of nitrogens with zero attached hydrogens (tertiary/aromatic N) is 1. The fourth-order valence-electron chi connectivity index (χ4n) is 2.63. The van der Waals surface area contributed by atoms with Gasteiger partial charge in [0.15, 0.2) is 0 Å². The van der Waals surface area contributed by atoms with E-state index in [1.54, 1.807) is 4.31 Å². The molecule has 0 bridgehead atoms. The molecule has 0 atom stereocenters. The molecule has 1 aliphatic rings. The van der Waals surface area contributed by atoms with Crippen molar-refractivity contribution in [2.24, 2.45) is 0 Å². The summed E-state index contributed by atoms with van der Waals surface area (Å²) < 4.78 is 27.2. The molecule has 0 amide bonds. The zero-order chi connectivity index (χ0) is 15.5. The van der Waals surface area contributed by atoms with Gasteiger partial charge in [-0.3, -0.25) is 0 Å². The van der Waals surface area contributed by atoms with Gasteiger partial charge in [-0.05, 0) is 36.5 Å². The van der Waals surface area contributed by atoms with E-state index < -0.39 is 10.0 Å². The number of aryl methyl sites for hydroxylation is 1. The molecular weight excluding hydrogens is 284 g/mol. The molecule has 5 heteroatoms. The lowest BCUT2D eigenvalue weighted by molar-refractivity contribution is 0.476. The van der Waals surface area contributed by atoms with Crippen molar-refractivity contribution in [3.8, 4) is 0 Å². The van der Waals surface area contributed by atoms with E-state index in [0.29, 0.717) is 30.6 Å². The molecule has 0 aromatic heterocycles. The molecule has 21 heavy (non-hydrogen) atoms. The molecule has 1 saturated heterocycles. The van der Waals surface area contributed by atoms with Crippen molar-refractivity contribution in [1.82, 2.24) is 9.62 Å². The Morgan fingerprint density at radius 3 is 2.48 bits per heavy atom. The van der Waals surface area contributed by atoms with Crippen LogP contribution in [0.2, 0.25) is 0 Å². The molecule has 0 spiro atoms. The van der Waals surface area contributed by atoms with Crippen LogP contribution in [0.4, 0.5) is 0 Å². The Morgan fingerprint density at radius 2 is 1.90 bits per heavy atom. The first-order chi connectivity index (χ1) is 9.95. The smallest absolute Gasteiger partial charge is 0.243 e. The molecule has 1 aromatic carbocycles. The van der Waals surface area contributed by atoms with E-state index in [1.807, 2.05) is 25.1 Å². The van der Waals surface area contributed by atoms with Crippen LogP contribution in [-0.4, -0.2) is 31.9 Å². The summed E-state index contributed by atoms with van der Waals surface area (Å²) in [5.74, 6) is 0. The first-order valence-corrected chi connectivity index (χ1v) is 9.24. The van der Waals surface area contributed by atoms with Crippen molar-refractivity contribution in [3.63, 3.8) is 0 Å². The van der Waals surface area contributed by atoms with Crippen molar-refractivity contribution in [2.45, 2.75) is 57.5 Å². The Labute approximate surface area is 128 Å². The van der Waals surface area contributed by atoms with E-state index in [4.69, 9.17) is 0 Å². The highest BCUT2D eigenvalue weighted by Crippen LogP contribution is 2.25. The monoisotopic (exact) mass is 310 g/mol. The zero-order valence-corrected chi connectivity index (χ0v) is 14.0. The number of hydrogen-bond donors (Lipinski definition) is 1. The summed E-state index contributed by atoms with van der Waals surface area (Å²) in [5, 5.41) is 3.34. The lowest BCUT2D eigenvalue weighted by Crippen LogP contribution is -2.29. The van der Waals surface area contributed by atoms with E-state index in [0.717, 1.165) is 30.4 Å². The van der Waals surface area contributed by atoms with Gasteiger partial charge in [-0.25, -0.2) is 8.42 Å². The normalized spacial score (nSPS) is 16.8. The number of benzene rings is 1. The van der Waals surface area contributed by atoms with Gasteiger partial charge in [-0.15, -0.1) is 0 Å². The summed E-state index contributed by atoms with van der Waals surface area (Å²) in [6.07, 6.45) is 2.67. The maximum atomic E-state index is 12.8. The second-order valence-corrected chi connectivity index (χ2v) is 7.85. The quantitative estimate of drug-likeness (QED) is 0.878. The van der Waals surface area contributed by atoms with Crippen LogP contribution in [0, 0.1) is 0 Å². The van der Waals surface area contributed by atoms with E-state index >= 15 is 0 Å². The van der Waals surface area contributed by atoms with Gasteiger partial charge in [0, 0.05) is 25.7 Å². The predicted octanol–water partition coefficient (Wildman–Crippen LogP) is 2.53. The van der Waals surface area contributed by atoms with E-state index in [1.165, 1.54) is 0 Å². The first kappa shape index (κ1) is 16.5. The third kappa shape index (κ3) is 3.84. The molecular formula is C16H26N2O2S. The fraction of sp³-hybridized carbons (Fsp3) is 0.625. The third-order valence-electron chi connectivity index (χ3n) is 3.91. The van der Waals surface area contributed by atoms with E-state index in [9.17, 15) is 8.42 Å². The third-order valence-corrected chi connectivity index (χ3v) is 5.89.